The minimum absolute atomic E-state index is 0.233. The fraction of sp³-hybridized carbons (Fsp3) is 0.0741. The van der Waals surface area contributed by atoms with Gasteiger partial charge in [0.15, 0.2) is 0 Å². The molecule has 0 amide bonds. The lowest BCUT2D eigenvalue weighted by atomic mass is 9.30. The molecule has 4 aliphatic rings. The van der Waals surface area contributed by atoms with Crippen molar-refractivity contribution in [1.82, 2.24) is 0 Å². The Kier molecular flexibility index (Phi) is 10.8. The number of hydrogen-bond acceptors (Lipinski definition) is 8. The maximum absolute atomic E-state index is 7.54. The Hall–Kier alpha value is -14.5. The quantitative estimate of drug-likeness (QED) is 0.161. The lowest BCUT2D eigenvalue weighted by Gasteiger charge is -2.36. The van der Waals surface area contributed by atoms with Crippen LogP contribution in [0.4, 0.5) is 0 Å². The van der Waals surface area contributed by atoms with Gasteiger partial charge >= 0.3 is 0 Å². The van der Waals surface area contributed by atoms with E-state index in [1.54, 1.807) is 0 Å². The summed E-state index contributed by atoms with van der Waals surface area (Å²) >= 11 is 0. The Labute approximate surface area is 669 Å². The van der Waals surface area contributed by atoms with Crippen LogP contribution in [0, 0.1) is 0 Å². The molecule has 8 aromatic heterocycles. The van der Waals surface area contributed by atoms with E-state index in [0.29, 0.717) is 6.42 Å². The van der Waals surface area contributed by atoms with Crippen LogP contribution in [0.3, 0.4) is 0 Å². The molecule has 0 atom stereocenters. The monoisotopic (exact) mass is 1510 g/mol. The molecule has 8 nitrogen and oxygen atoms in total. The Morgan fingerprint density at radius 1 is 0.220 bits per heavy atom. The molecule has 0 N–H and O–H groups in total. The average molecular weight is 1510 g/mol. The molecule has 118 heavy (non-hydrogen) atoms. The van der Waals surface area contributed by atoms with Crippen molar-refractivity contribution in [2.75, 3.05) is 0 Å². The summed E-state index contributed by atoms with van der Waals surface area (Å²) in [4.78, 5) is 0. The standard InChI is InChI=1S/C108H60B2O8/c1-107(2,3)51-37-69-97-91-71(41-65-53-20-6-14-28-78(53)117-105(65)97)103-67(55-22-8-13-27-77(55)115-103)43-73(91)109-74-44-68-60-36-50(34-35-84(60)116-104(68)72-42-66-54-21-7-15-29-79(54)118-106(66)98(92(72)74)70(38-51)102(69)109)49-108(4,5)52-39-63-61-45-85-93(56-23-9-16-30-80(56)111-85)99-89(61)75(47-87-95(99)58-25-11-18-32-82(58)113-87)110-76-48-88-96(59-26-12-19-33-83(59)114-88)100-90(76)62(64(40-52)101(63)110)46-86-94(100)57-24-10-17-31-81(57)112-86/h6-48H,49H2,1-5H3. The first kappa shape index (κ1) is 62.0. The van der Waals surface area contributed by atoms with Crippen molar-refractivity contribution < 1.29 is 35.3 Å². The molecule has 0 aliphatic carbocycles. The van der Waals surface area contributed by atoms with Crippen LogP contribution >= 0.6 is 0 Å². The fourth-order valence-corrected chi connectivity index (χ4v) is 23.3. The molecule has 0 saturated carbocycles. The third-order valence-corrected chi connectivity index (χ3v) is 28.3. The van der Waals surface area contributed by atoms with Gasteiger partial charge in [-0.1, -0.05) is 237 Å². The maximum Gasteiger partial charge on any atom is 0.244 e. The highest BCUT2D eigenvalue weighted by Crippen LogP contribution is 2.56. The maximum atomic E-state index is 7.54. The van der Waals surface area contributed by atoms with E-state index in [0.717, 1.165) is 230 Å². The molecule has 0 fully saturated rings. The summed E-state index contributed by atoms with van der Waals surface area (Å²) in [5.41, 5.74) is 33.2. The number of rotatable bonds is 3. The van der Waals surface area contributed by atoms with Crippen LogP contribution in [0.5, 0.6) is 0 Å². The highest BCUT2D eigenvalue weighted by Gasteiger charge is 2.47. The predicted molar refractivity (Wildman–Crippen MR) is 488 cm³/mol. The number of hydrogen-bond donors (Lipinski definition) is 0. The van der Waals surface area contributed by atoms with Gasteiger partial charge in [0.1, 0.15) is 89.3 Å². The van der Waals surface area contributed by atoms with Crippen molar-refractivity contribution in [2.24, 2.45) is 0 Å². The van der Waals surface area contributed by atoms with Crippen LogP contribution in [0.15, 0.2) is 296 Å². The largest absolute Gasteiger partial charge is 0.456 e. The first-order chi connectivity index (χ1) is 57.9. The zero-order valence-corrected chi connectivity index (χ0v) is 64.5. The molecule has 0 spiro atoms. The summed E-state index contributed by atoms with van der Waals surface area (Å²) in [7, 11) is 0. The van der Waals surface area contributed by atoms with E-state index in [4.69, 9.17) is 35.3 Å². The van der Waals surface area contributed by atoms with Gasteiger partial charge in [0.2, 0.25) is 13.4 Å². The van der Waals surface area contributed by atoms with Gasteiger partial charge in [-0.05, 0) is 180 Å². The Morgan fingerprint density at radius 3 is 0.966 bits per heavy atom. The molecular formula is C108H60B2O8. The number of benzene rings is 18. The molecule has 18 aromatic carbocycles. The van der Waals surface area contributed by atoms with Gasteiger partial charge in [0, 0.05) is 119 Å². The van der Waals surface area contributed by atoms with E-state index in [9.17, 15) is 0 Å². The van der Waals surface area contributed by atoms with Crippen LogP contribution in [0.25, 0.3) is 263 Å². The predicted octanol–water partition coefficient (Wildman–Crippen LogP) is 26.3. The summed E-state index contributed by atoms with van der Waals surface area (Å²) in [5.74, 6) is 0. The van der Waals surface area contributed by atoms with Crippen LogP contribution < -0.4 is 32.8 Å². The summed E-state index contributed by atoms with van der Waals surface area (Å²) in [6.07, 6.45) is 0.704. The van der Waals surface area contributed by atoms with E-state index < -0.39 is 5.41 Å². The van der Waals surface area contributed by atoms with Crippen molar-refractivity contribution in [3.8, 4) is 44.5 Å². The normalized spacial score (nSPS) is 13.8. The van der Waals surface area contributed by atoms with Gasteiger partial charge in [0.25, 0.3) is 0 Å². The molecule has 4 aliphatic heterocycles. The summed E-state index contributed by atoms with van der Waals surface area (Å²) in [6.45, 7) is 11.4. The highest BCUT2D eigenvalue weighted by atomic mass is 16.4. The van der Waals surface area contributed by atoms with Crippen LogP contribution in [-0.4, -0.2) is 13.4 Å². The molecule has 0 bridgehead atoms. The van der Waals surface area contributed by atoms with Crippen molar-refractivity contribution in [3.05, 3.63) is 278 Å². The number of para-hydroxylation sites is 7. The molecule has 12 heterocycles. The first-order valence-electron chi connectivity index (χ1n) is 41.2. The van der Waals surface area contributed by atoms with Crippen molar-refractivity contribution in [1.29, 1.82) is 0 Å². The summed E-state index contributed by atoms with van der Waals surface area (Å²) < 4.78 is 57.8. The minimum Gasteiger partial charge on any atom is -0.456 e. The van der Waals surface area contributed by atoms with Crippen molar-refractivity contribution in [2.45, 2.75) is 51.9 Å². The molecule has 10 heteroatoms. The Morgan fingerprint density at radius 2 is 0.551 bits per heavy atom. The number of furan rings is 8. The Bertz CT molecular complexity index is 9110. The highest BCUT2D eigenvalue weighted by molar-refractivity contribution is 7.03. The average Bonchev–Trinajstić information content (AvgIpc) is 1.27. The Balaban J connectivity index is 0.684. The molecule has 0 radical (unpaired) electrons. The van der Waals surface area contributed by atoms with Crippen molar-refractivity contribution in [3.63, 3.8) is 0 Å². The van der Waals surface area contributed by atoms with E-state index in [1.807, 2.05) is 0 Å². The van der Waals surface area contributed by atoms with Gasteiger partial charge in [-0.15, -0.1) is 0 Å². The van der Waals surface area contributed by atoms with E-state index in [1.165, 1.54) is 82.5 Å². The molecule has 26 aromatic rings. The van der Waals surface area contributed by atoms with Gasteiger partial charge < -0.3 is 35.3 Å². The molecule has 0 unspecified atom stereocenters. The zero-order valence-electron chi connectivity index (χ0n) is 64.5. The van der Waals surface area contributed by atoms with E-state index in [2.05, 4.69) is 295 Å². The third-order valence-electron chi connectivity index (χ3n) is 28.3. The van der Waals surface area contributed by atoms with Gasteiger partial charge in [-0.2, -0.15) is 0 Å². The zero-order chi connectivity index (χ0) is 76.8. The fourth-order valence-electron chi connectivity index (χ4n) is 23.3. The second-order valence-corrected chi connectivity index (χ2v) is 35.8. The van der Waals surface area contributed by atoms with Gasteiger partial charge in [-0.25, -0.2) is 0 Å². The van der Waals surface area contributed by atoms with Crippen LogP contribution in [0.2, 0.25) is 0 Å². The minimum atomic E-state index is -0.481. The number of fused-ring (bicyclic) bond motifs is 40. The van der Waals surface area contributed by atoms with Gasteiger partial charge in [0.05, 0.1) is 0 Å². The van der Waals surface area contributed by atoms with E-state index in [-0.39, 0.29) is 18.8 Å². The molecular weight excluding hydrogens is 1450 g/mol. The molecule has 546 valence electrons. The summed E-state index contributed by atoms with van der Waals surface area (Å²) in [6, 6.07) is 96.1. The topological polar surface area (TPSA) is 105 Å². The van der Waals surface area contributed by atoms with Crippen LogP contribution in [-0.2, 0) is 17.3 Å². The first-order valence-corrected chi connectivity index (χ1v) is 41.2. The smallest absolute Gasteiger partial charge is 0.244 e. The second kappa shape index (κ2) is 20.6. The van der Waals surface area contributed by atoms with E-state index >= 15 is 0 Å². The van der Waals surface area contributed by atoms with Crippen LogP contribution in [0.1, 0.15) is 51.3 Å². The molecule has 0 saturated heterocycles. The van der Waals surface area contributed by atoms with Crippen molar-refractivity contribution >= 4 is 265 Å². The second-order valence-electron chi connectivity index (χ2n) is 35.8. The third kappa shape index (κ3) is 7.39. The van der Waals surface area contributed by atoms with Gasteiger partial charge in [-0.3, -0.25) is 0 Å². The summed E-state index contributed by atoms with van der Waals surface area (Å²) in [5, 5.41) is 26.5. The SMILES string of the molecule is CC(C)(C)c1cc2c3c(c1)-c1c4oc5ccccc5c4cc4c1c(cc1c5cc(CC(C)(C)c6cc7c8c(c6)-c6cc9oc%10ccccc%10c9c9c6c(cc6oc%10ccccc%10c69)B8c6cc8oc9ccccc9c8c8c6c-7cc6oc7ccccc7c68)ccc5oc41)B3c1cc3c4ccccc4oc3c3cc4c(oc5ccccc54)c-2c13. The molecule has 30 rings (SSSR count). The lowest BCUT2D eigenvalue weighted by Crippen LogP contribution is -2.57. The lowest BCUT2D eigenvalue weighted by molar-refractivity contribution is 0.523.